The summed E-state index contributed by atoms with van der Waals surface area (Å²) in [6.45, 7) is 7.42. The number of carbonyl (C=O) groups is 1. The first-order valence-electron chi connectivity index (χ1n) is 4.88. The fraction of sp³-hybridized carbons (Fsp3) is 0.889. The van der Waals surface area contributed by atoms with Gasteiger partial charge >= 0.3 is 6.03 Å². The highest BCUT2D eigenvalue weighted by atomic mass is 16.2. The maximum absolute atomic E-state index is 11.7. The number of hydrogen-bond donors (Lipinski definition) is 1. The van der Waals surface area contributed by atoms with Gasteiger partial charge in [0, 0.05) is 39.3 Å². The standard InChI is InChI=1S/C9H19N3O/c1-4-11(3)9(13)12-6-5-10-8(2)7-12/h8,10H,4-7H2,1-3H3. The maximum atomic E-state index is 11.7. The average molecular weight is 185 g/mol. The molecule has 4 heteroatoms. The SMILES string of the molecule is CCN(C)C(=O)N1CCNC(C)C1. The van der Waals surface area contributed by atoms with E-state index in [2.05, 4.69) is 12.2 Å². The van der Waals surface area contributed by atoms with Crippen LogP contribution >= 0.6 is 0 Å². The molecule has 1 aliphatic rings. The molecule has 1 atom stereocenters. The molecule has 1 N–H and O–H groups in total. The highest BCUT2D eigenvalue weighted by Gasteiger charge is 2.21. The van der Waals surface area contributed by atoms with E-state index in [-0.39, 0.29) is 6.03 Å². The van der Waals surface area contributed by atoms with Gasteiger partial charge in [-0.3, -0.25) is 0 Å². The molecule has 76 valence electrons. The largest absolute Gasteiger partial charge is 0.328 e. The molecule has 0 aromatic rings. The van der Waals surface area contributed by atoms with Gasteiger partial charge in [0.25, 0.3) is 0 Å². The molecule has 0 aromatic carbocycles. The number of urea groups is 1. The van der Waals surface area contributed by atoms with Gasteiger partial charge in [0.15, 0.2) is 0 Å². The van der Waals surface area contributed by atoms with Crippen molar-refractivity contribution in [1.29, 1.82) is 0 Å². The summed E-state index contributed by atoms with van der Waals surface area (Å²) < 4.78 is 0. The average Bonchev–Trinajstić information content (AvgIpc) is 2.15. The lowest BCUT2D eigenvalue weighted by Gasteiger charge is -2.34. The van der Waals surface area contributed by atoms with Gasteiger partial charge in [0.2, 0.25) is 0 Å². The Bertz CT molecular complexity index is 184. The van der Waals surface area contributed by atoms with Crippen molar-refractivity contribution in [1.82, 2.24) is 15.1 Å². The summed E-state index contributed by atoms with van der Waals surface area (Å²) in [5.74, 6) is 0. The lowest BCUT2D eigenvalue weighted by atomic mass is 10.2. The van der Waals surface area contributed by atoms with Crippen LogP contribution in [-0.4, -0.2) is 55.1 Å². The van der Waals surface area contributed by atoms with Gasteiger partial charge in [-0.2, -0.15) is 0 Å². The molecule has 0 aromatic heterocycles. The van der Waals surface area contributed by atoms with Gasteiger partial charge in [-0.05, 0) is 13.8 Å². The van der Waals surface area contributed by atoms with Crippen molar-refractivity contribution in [2.75, 3.05) is 33.2 Å². The zero-order valence-corrected chi connectivity index (χ0v) is 8.71. The van der Waals surface area contributed by atoms with E-state index in [4.69, 9.17) is 0 Å². The van der Waals surface area contributed by atoms with E-state index in [1.165, 1.54) is 0 Å². The fourth-order valence-electron chi connectivity index (χ4n) is 1.48. The van der Waals surface area contributed by atoms with Gasteiger partial charge in [-0.25, -0.2) is 4.79 Å². The molecule has 1 aliphatic heterocycles. The second-order valence-electron chi connectivity index (χ2n) is 3.60. The van der Waals surface area contributed by atoms with Crippen LogP contribution in [-0.2, 0) is 0 Å². The highest BCUT2D eigenvalue weighted by molar-refractivity contribution is 5.74. The molecular formula is C9H19N3O. The van der Waals surface area contributed by atoms with Crippen LogP contribution < -0.4 is 5.32 Å². The molecule has 1 saturated heterocycles. The summed E-state index contributed by atoms with van der Waals surface area (Å²) in [4.78, 5) is 15.4. The molecule has 0 bridgehead atoms. The Labute approximate surface area is 79.9 Å². The van der Waals surface area contributed by atoms with Crippen LogP contribution in [0.3, 0.4) is 0 Å². The molecular weight excluding hydrogens is 166 g/mol. The van der Waals surface area contributed by atoms with Crippen molar-refractivity contribution in [3.63, 3.8) is 0 Å². The van der Waals surface area contributed by atoms with E-state index < -0.39 is 0 Å². The number of rotatable bonds is 1. The topological polar surface area (TPSA) is 35.6 Å². The van der Waals surface area contributed by atoms with Gasteiger partial charge in [0.1, 0.15) is 0 Å². The lowest BCUT2D eigenvalue weighted by Crippen LogP contribution is -2.54. The number of amides is 2. The Morgan fingerprint density at radius 2 is 2.38 bits per heavy atom. The third-order valence-corrected chi connectivity index (χ3v) is 2.44. The predicted octanol–water partition coefficient (Wildman–Crippen LogP) is 0.352. The molecule has 0 saturated carbocycles. The Balaban J connectivity index is 2.46. The number of carbonyl (C=O) groups excluding carboxylic acids is 1. The second-order valence-corrected chi connectivity index (χ2v) is 3.60. The van der Waals surface area contributed by atoms with Crippen molar-refractivity contribution in [3.05, 3.63) is 0 Å². The van der Waals surface area contributed by atoms with Gasteiger partial charge in [0.05, 0.1) is 0 Å². The van der Waals surface area contributed by atoms with E-state index >= 15 is 0 Å². The molecule has 4 nitrogen and oxygen atoms in total. The van der Waals surface area contributed by atoms with Crippen LogP contribution in [0.4, 0.5) is 4.79 Å². The zero-order chi connectivity index (χ0) is 9.84. The van der Waals surface area contributed by atoms with Crippen molar-refractivity contribution >= 4 is 6.03 Å². The summed E-state index contributed by atoms with van der Waals surface area (Å²) in [5, 5.41) is 3.31. The molecule has 0 aliphatic carbocycles. The molecule has 1 fully saturated rings. The normalized spacial score (nSPS) is 23.0. The van der Waals surface area contributed by atoms with E-state index in [0.29, 0.717) is 6.04 Å². The fourth-order valence-corrected chi connectivity index (χ4v) is 1.48. The van der Waals surface area contributed by atoms with Gasteiger partial charge in [-0.15, -0.1) is 0 Å². The van der Waals surface area contributed by atoms with Crippen LogP contribution in [0.1, 0.15) is 13.8 Å². The van der Waals surface area contributed by atoms with Crippen molar-refractivity contribution in [2.24, 2.45) is 0 Å². The number of hydrogen-bond acceptors (Lipinski definition) is 2. The molecule has 1 unspecified atom stereocenters. The van der Waals surface area contributed by atoms with Crippen molar-refractivity contribution in [3.8, 4) is 0 Å². The number of nitrogens with zero attached hydrogens (tertiary/aromatic N) is 2. The summed E-state index contributed by atoms with van der Waals surface area (Å²) in [7, 11) is 1.84. The summed E-state index contributed by atoms with van der Waals surface area (Å²) in [6.07, 6.45) is 0. The minimum absolute atomic E-state index is 0.149. The van der Waals surface area contributed by atoms with Crippen molar-refractivity contribution < 1.29 is 4.79 Å². The monoisotopic (exact) mass is 185 g/mol. The smallest absolute Gasteiger partial charge is 0.319 e. The van der Waals surface area contributed by atoms with Crippen LogP contribution in [0, 0.1) is 0 Å². The molecule has 1 heterocycles. The van der Waals surface area contributed by atoms with E-state index in [9.17, 15) is 4.79 Å². The molecule has 0 spiro atoms. The first-order chi connectivity index (χ1) is 6.15. The minimum atomic E-state index is 0.149. The number of piperazine rings is 1. The molecule has 0 radical (unpaired) electrons. The van der Waals surface area contributed by atoms with Gasteiger partial charge in [-0.1, -0.05) is 0 Å². The van der Waals surface area contributed by atoms with Crippen molar-refractivity contribution in [2.45, 2.75) is 19.9 Å². The Morgan fingerprint density at radius 1 is 1.69 bits per heavy atom. The number of nitrogens with one attached hydrogen (secondary N) is 1. The Morgan fingerprint density at radius 3 is 2.92 bits per heavy atom. The van der Waals surface area contributed by atoms with Crippen LogP contribution in [0.2, 0.25) is 0 Å². The Hall–Kier alpha value is -0.770. The van der Waals surface area contributed by atoms with Crippen LogP contribution in [0.15, 0.2) is 0 Å². The third-order valence-electron chi connectivity index (χ3n) is 2.44. The van der Waals surface area contributed by atoms with Gasteiger partial charge < -0.3 is 15.1 Å². The first kappa shape index (κ1) is 10.3. The second kappa shape index (κ2) is 4.46. The summed E-state index contributed by atoms with van der Waals surface area (Å²) in [5.41, 5.74) is 0. The minimum Gasteiger partial charge on any atom is -0.328 e. The zero-order valence-electron chi connectivity index (χ0n) is 8.71. The molecule has 1 rings (SSSR count). The summed E-state index contributed by atoms with van der Waals surface area (Å²) >= 11 is 0. The van der Waals surface area contributed by atoms with E-state index in [1.807, 2.05) is 18.9 Å². The maximum Gasteiger partial charge on any atom is 0.319 e. The third kappa shape index (κ3) is 2.59. The Kier molecular flexibility index (Phi) is 3.54. The lowest BCUT2D eigenvalue weighted by molar-refractivity contribution is 0.149. The van der Waals surface area contributed by atoms with E-state index in [0.717, 1.165) is 26.2 Å². The van der Waals surface area contributed by atoms with Crippen LogP contribution in [0.25, 0.3) is 0 Å². The quantitative estimate of drug-likeness (QED) is 0.640. The van der Waals surface area contributed by atoms with Crippen LogP contribution in [0.5, 0.6) is 0 Å². The molecule has 13 heavy (non-hydrogen) atoms. The molecule has 2 amide bonds. The summed E-state index contributed by atoms with van der Waals surface area (Å²) in [6, 6.07) is 0.568. The predicted molar refractivity (Wildman–Crippen MR) is 52.7 cm³/mol. The first-order valence-corrected chi connectivity index (χ1v) is 4.88. The highest BCUT2D eigenvalue weighted by Crippen LogP contribution is 2.02. The van der Waals surface area contributed by atoms with E-state index in [1.54, 1.807) is 4.90 Å².